The normalized spacial score (nSPS) is 26.2. The molecule has 110 valence electrons. The van der Waals surface area contributed by atoms with E-state index in [2.05, 4.69) is 17.2 Å². The lowest BCUT2D eigenvalue weighted by atomic mass is 9.78. The molecular weight excluding hydrogens is 259 g/mol. The van der Waals surface area contributed by atoms with Gasteiger partial charge < -0.3 is 10.4 Å². The summed E-state index contributed by atoms with van der Waals surface area (Å²) in [6.07, 6.45) is 6.84. The zero-order chi connectivity index (χ0) is 14.6. The fourth-order valence-corrected chi connectivity index (χ4v) is 2.70. The number of hydrogen-bond acceptors (Lipinski definition) is 3. The smallest absolute Gasteiger partial charge is 0.254 e. The molecule has 1 heterocycles. The summed E-state index contributed by atoms with van der Waals surface area (Å²) in [6.45, 7) is 2.33. The SMILES string of the molecule is CCC1CCC(O)(CNC(=O)c2ccncc2F)CC1. The zero-order valence-electron chi connectivity index (χ0n) is 11.7. The van der Waals surface area contributed by atoms with Crippen molar-refractivity contribution >= 4 is 5.91 Å². The van der Waals surface area contributed by atoms with Crippen molar-refractivity contribution in [2.45, 2.75) is 44.6 Å². The van der Waals surface area contributed by atoms with E-state index in [1.807, 2.05) is 0 Å². The van der Waals surface area contributed by atoms with Crippen molar-refractivity contribution < 1.29 is 14.3 Å². The van der Waals surface area contributed by atoms with Crippen LogP contribution in [0.2, 0.25) is 0 Å². The van der Waals surface area contributed by atoms with Gasteiger partial charge in [0.2, 0.25) is 0 Å². The van der Waals surface area contributed by atoms with Gasteiger partial charge in [0.25, 0.3) is 5.91 Å². The highest BCUT2D eigenvalue weighted by Gasteiger charge is 2.33. The first-order valence-electron chi connectivity index (χ1n) is 7.14. The maximum atomic E-state index is 13.4. The standard InChI is InChI=1S/C15H21FN2O2/c1-2-11-3-6-15(20,7-4-11)10-18-14(19)12-5-8-17-9-13(12)16/h5,8-9,11,20H,2-4,6-7,10H2,1H3,(H,18,19). The summed E-state index contributed by atoms with van der Waals surface area (Å²) in [5.74, 6) is -0.480. The molecule has 0 unspecified atom stereocenters. The van der Waals surface area contributed by atoms with Crippen LogP contribution in [0.1, 0.15) is 49.4 Å². The van der Waals surface area contributed by atoms with Gasteiger partial charge in [-0.15, -0.1) is 0 Å². The van der Waals surface area contributed by atoms with Crippen LogP contribution in [0.25, 0.3) is 0 Å². The second-order valence-corrected chi connectivity index (χ2v) is 5.61. The third kappa shape index (κ3) is 3.54. The van der Waals surface area contributed by atoms with Gasteiger partial charge in [-0.3, -0.25) is 9.78 Å². The Kier molecular flexibility index (Phi) is 4.70. The van der Waals surface area contributed by atoms with E-state index in [-0.39, 0.29) is 12.1 Å². The van der Waals surface area contributed by atoms with Crippen molar-refractivity contribution in [2.75, 3.05) is 6.54 Å². The highest BCUT2D eigenvalue weighted by Crippen LogP contribution is 2.33. The average Bonchev–Trinajstić information content (AvgIpc) is 2.46. The Balaban J connectivity index is 1.89. The van der Waals surface area contributed by atoms with Crippen LogP contribution in [0.5, 0.6) is 0 Å². The summed E-state index contributed by atoms with van der Waals surface area (Å²) < 4.78 is 13.4. The highest BCUT2D eigenvalue weighted by atomic mass is 19.1. The number of pyridine rings is 1. The van der Waals surface area contributed by atoms with Gasteiger partial charge >= 0.3 is 0 Å². The molecule has 20 heavy (non-hydrogen) atoms. The minimum Gasteiger partial charge on any atom is -0.388 e. The molecule has 0 radical (unpaired) electrons. The Morgan fingerprint density at radius 3 is 2.85 bits per heavy atom. The van der Waals surface area contributed by atoms with Crippen molar-refractivity contribution in [2.24, 2.45) is 5.92 Å². The average molecular weight is 280 g/mol. The molecule has 2 N–H and O–H groups in total. The number of hydrogen-bond donors (Lipinski definition) is 2. The second-order valence-electron chi connectivity index (χ2n) is 5.61. The van der Waals surface area contributed by atoms with Gasteiger partial charge in [0, 0.05) is 12.7 Å². The Labute approximate surface area is 118 Å². The van der Waals surface area contributed by atoms with E-state index >= 15 is 0 Å². The number of halogens is 1. The molecule has 0 aliphatic heterocycles. The van der Waals surface area contributed by atoms with Gasteiger partial charge in [0.1, 0.15) is 0 Å². The lowest BCUT2D eigenvalue weighted by Gasteiger charge is -2.35. The maximum Gasteiger partial charge on any atom is 0.254 e. The zero-order valence-corrected chi connectivity index (χ0v) is 11.7. The monoisotopic (exact) mass is 280 g/mol. The van der Waals surface area contributed by atoms with Gasteiger partial charge in [0.15, 0.2) is 5.82 Å². The van der Waals surface area contributed by atoms with Gasteiger partial charge in [-0.05, 0) is 37.7 Å². The number of amides is 1. The summed E-state index contributed by atoms with van der Waals surface area (Å²) in [7, 11) is 0. The molecule has 1 saturated carbocycles. The minimum absolute atomic E-state index is 0.0363. The first-order chi connectivity index (χ1) is 9.54. The van der Waals surface area contributed by atoms with Gasteiger partial charge in [-0.2, -0.15) is 0 Å². The van der Waals surface area contributed by atoms with Crippen LogP contribution in [0.3, 0.4) is 0 Å². The fraction of sp³-hybridized carbons (Fsp3) is 0.600. The summed E-state index contributed by atoms with van der Waals surface area (Å²) in [5.41, 5.74) is -0.893. The molecule has 0 saturated heterocycles. The Morgan fingerprint density at radius 2 is 2.25 bits per heavy atom. The van der Waals surface area contributed by atoms with Gasteiger partial charge in [-0.1, -0.05) is 13.3 Å². The number of nitrogens with zero attached hydrogens (tertiary/aromatic N) is 1. The molecule has 0 aromatic carbocycles. The van der Waals surface area contributed by atoms with Crippen LogP contribution >= 0.6 is 0 Å². The van der Waals surface area contributed by atoms with Crippen LogP contribution in [0.15, 0.2) is 18.5 Å². The van der Waals surface area contributed by atoms with Gasteiger partial charge in [-0.25, -0.2) is 4.39 Å². The second kappa shape index (κ2) is 6.31. The molecule has 1 amide bonds. The quantitative estimate of drug-likeness (QED) is 0.889. The third-order valence-electron chi connectivity index (χ3n) is 4.21. The van der Waals surface area contributed by atoms with Crippen LogP contribution < -0.4 is 5.32 Å². The van der Waals surface area contributed by atoms with Crippen LogP contribution in [-0.4, -0.2) is 28.1 Å². The highest BCUT2D eigenvalue weighted by molar-refractivity contribution is 5.94. The van der Waals surface area contributed by atoms with Crippen LogP contribution in [0.4, 0.5) is 4.39 Å². The number of carbonyl (C=O) groups is 1. The molecule has 2 rings (SSSR count). The van der Waals surface area contributed by atoms with Gasteiger partial charge in [0.05, 0.1) is 17.4 Å². The van der Waals surface area contributed by atoms with E-state index in [1.54, 1.807) is 0 Å². The van der Waals surface area contributed by atoms with E-state index < -0.39 is 17.3 Å². The summed E-state index contributed by atoms with van der Waals surface area (Å²) in [6, 6.07) is 1.34. The third-order valence-corrected chi connectivity index (χ3v) is 4.21. The van der Waals surface area contributed by atoms with Crippen LogP contribution in [0, 0.1) is 11.7 Å². The van der Waals surface area contributed by atoms with Crippen molar-refractivity contribution in [3.8, 4) is 0 Å². The Morgan fingerprint density at radius 1 is 1.55 bits per heavy atom. The minimum atomic E-state index is -0.856. The summed E-state index contributed by atoms with van der Waals surface area (Å²) in [4.78, 5) is 15.5. The molecule has 1 fully saturated rings. The number of aromatic nitrogens is 1. The number of aliphatic hydroxyl groups is 1. The van der Waals surface area contributed by atoms with E-state index in [0.717, 1.165) is 25.5 Å². The number of carbonyl (C=O) groups excluding carboxylic acids is 1. The first-order valence-corrected chi connectivity index (χ1v) is 7.14. The maximum absolute atomic E-state index is 13.4. The number of nitrogens with one attached hydrogen (secondary N) is 1. The van der Waals surface area contributed by atoms with Crippen molar-refractivity contribution in [3.05, 3.63) is 29.8 Å². The molecule has 1 aliphatic carbocycles. The Hall–Kier alpha value is -1.49. The number of rotatable bonds is 4. The largest absolute Gasteiger partial charge is 0.388 e. The predicted octanol–water partition coefficient (Wildman–Crippen LogP) is 2.28. The molecule has 0 bridgehead atoms. The van der Waals surface area contributed by atoms with Crippen LogP contribution in [-0.2, 0) is 0 Å². The molecule has 5 heteroatoms. The van der Waals surface area contributed by atoms with E-state index in [1.165, 1.54) is 12.3 Å². The summed E-state index contributed by atoms with van der Waals surface area (Å²) >= 11 is 0. The lowest BCUT2D eigenvalue weighted by Crippen LogP contribution is -2.45. The van der Waals surface area contributed by atoms with E-state index in [0.29, 0.717) is 18.8 Å². The molecule has 4 nitrogen and oxygen atoms in total. The fourth-order valence-electron chi connectivity index (χ4n) is 2.70. The van der Waals surface area contributed by atoms with E-state index in [4.69, 9.17) is 0 Å². The molecule has 1 aromatic heterocycles. The summed E-state index contributed by atoms with van der Waals surface area (Å²) in [5, 5.41) is 13.1. The molecule has 1 aromatic rings. The lowest BCUT2D eigenvalue weighted by molar-refractivity contribution is -0.00789. The first kappa shape index (κ1) is 14.9. The topological polar surface area (TPSA) is 62.2 Å². The van der Waals surface area contributed by atoms with Crippen molar-refractivity contribution in [1.82, 2.24) is 10.3 Å². The molecule has 1 aliphatic rings. The molecule has 0 atom stereocenters. The van der Waals surface area contributed by atoms with E-state index in [9.17, 15) is 14.3 Å². The molecular formula is C15H21FN2O2. The predicted molar refractivity (Wildman–Crippen MR) is 73.7 cm³/mol. The van der Waals surface area contributed by atoms with Crippen molar-refractivity contribution in [1.29, 1.82) is 0 Å². The Bertz CT molecular complexity index is 471. The van der Waals surface area contributed by atoms with Crippen molar-refractivity contribution in [3.63, 3.8) is 0 Å². The molecule has 0 spiro atoms.